The summed E-state index contributed by atoms with van der Waals surface area (Å²) in [5, 5.41) is 0.975. The predicted molar refractivity (Wildman–Crippen MR) is 56.3 cm³/mol. The van der Waals surface area contributed by atoms with Gasteiger partial charge in [-0.2, -0.15) is 0 Å². The fraction of sp³-hybridized carbons (Fsp3) is 0.222. The van der Waals surface area contributed by atoms with E-state index in [1.54, 1.807) is 11.8 Å². The highest BCUT2D eigenvalue weighted by Gasteiger charge is 1.94. The zero-order chi connectivity index (χ0) is 8.81. The average Bonchev–Trinajstić information content (AvgIpc) is 2.15. The third-order valence-electron chi connectivity index (χ3n) is 1.34. The number of rotatable bonds is 4. The second kappa shape index (κ2) is 5.38. The summed E-state index contributed by atoms with van der Waals surface area (Å²) in [5.41, 5.74) is 0.745. The first-order valence-electron chi connectivity index (χ1n) is 3.61. The van der Waals surface area contributed by atoms with Crippen molar-refractivity contribution in [3.05, 3.63) is 29.8 Å². The van der Waals surface area contributed by atoms with Gasteiger partial charge in [-0.25, -0.2) is 0 Å². The van der Waals surface area contributed by atoms with Crippen LogP contribution < -0.4 is 0 Å². The molecular weight excluding hydrogens is 236 g/mol. The van der Waals surface area contributed by atoms with Gasteiger partial charge in [0.1, 0.15) is 6.29 Å². The van der Waals surface area contributed by atoms with E-state index in [9.17, 15) is 4.79 Å². The third kappa shape index (κ3) is 2.99. The van der Waals surface area contributed by atoms with Gasteiger partial charge in [-0.3, -0.25) is 4.79 Å². The second-order valence-corrected chi connectivity index (χ2v) is 4.19. The molecule has 0 aliphatic heterocycles. The van der Waals surface area contributed by atoms with Crippen molar-refractivity contribution < 1.29 is 4.79 Å². The quantitative estimate of drug-likeness (QED) is 0.461. The highest BCUT2D eigenvalue weighted by Crippen LogP contribution is 2.18. The van der Waals surface area contributed by atoms with Crippen LogP contribution in [0.5, 0.6) is 0 Å². The first kappa shape index (κ1) is 9.81. The van der Waals surface area contributed by atoms with E-state index >= 15 is 0 Å². The summed E-state index contributed by atoms with van der Waals surface area (Å²) < 4.78 is 0. The number of carbonyl (C=O) groups excluding carboxylic acids is 1. The lowest BCUT2D eigenvalue weighted by Crippen LogP contribution is -1.82. The molecule has 0 spiro atoms. The Morgan fingerprint density at radius 3 is 3.00 bits per heavy atom. The zero-order valence-electron chi connectivity index (χ0n) is 6.50. The molecule has 0 bridgehead atoms. The van der Waals surface area contributed by atoms with Crippen molar-refractivity contribution in [1.82, 2.24) is 0 Å². The van der Waals surface area contributed by atoms with Gasteiger partial charge >= 0.3 is 0 Å². The summed E-state index contributed by atoms with van der Waals surface area (Å²) in [6.07, 6.45) is 0.873. The molecule has 1 rings (SSSR count). The Hall–Kier alpha value is -0.280. The van der Waals surface area contributed by atoms with Crippen molar-refractivity contribution in [1.29, 1.82) is 0 Å². The molecule has 0 saturated carbocycles. The first-order chi connectivity index (χ1) is 5.86. The van der Waals surface area contributed by atoms with E-state index in [4.69, 9.17) is 0 Å². The summed E-state index contributed by atoms with van der Waals surface area (Å²) in [6, 6.07) is 7.63. The minimum Gasteiger partial charge on any atom is -0.298 e. The average molecular weight is 245 g/mol. The molecule has 1 nitrogen and oxygen atoms in total. The van der Waals surface area contributed by atoms with Crippen LogP contribution in [-0.2, 0) is 0 Å². The Balaban J connectivity index is 2.66. The van der Waals surface area contributed by atoms with Crippen LogP contribution in [0, 0.1) is 0 Å². The van der Waals surface area contributed by atoms with Crippen LogP contribution >= 0.6 is 27.7 Å². The molecule has 0 fully saturated rings. The number of thioether (sulfide) groups is 1. The Morgan fingerprint density at radius 2 is 2.33 bits per heavy atom. The maximum absolute atomic E-state index is 10.4. The molecule has 12 heavy (non-hydrogen) atoms. The number of benzene rings is 1. The van der Waals surface area contributed by atoms with Crippen LogP contribution in [0.3, 0.4) is 0 Å². The molecule has 0 aliphatic rings. The van der Waals surface area contributed by atoms with E-state index in [0.29, 0.717) is 0 Å². The predicted octanol–water partition coefficient (Wildman–Crippen LogP) is 2.99. The third-order valence-corrected chi connectivity index (χ3v) is 3.26. The highest BCUT2D eigenvalue weighted by molar-refractivity contribution is 9.09. The molecule has 0 unspecified atom stereocenters. The number of hydrogen-bond acceptors (Lipinski definition) is 2. The molecule has 0 N–H and O–H groups in total. The standard InChI is InChI=1S/C9H9BrOS/c10-4-5-12-9-3-1-2-8(6-9)7-11/h1-3,6-7H,4-5H2. The van der Waals surface area contributed by atoms with Crippen molar-refractivity contribution in [3.8, 4) is 0 Å². The van der Waals surface area contributed by atoms with Gasteiger partial charge in [0.25, 0.3) is 0 Å². The minimum absolute atomic E-state index is 0.745. The summed E-state index contributed by atoms with van der Waals surface area (Å²) >= 11 is 5.10. The van der Waals surface area contributed by atoms with Crippen LogP contribution in [0.1, 0.15) is 10.4 Å². The van der Waals surface area contributed by atoms with Gasteiger partial charge in [0.2, 0.25) is 0 Å². The van der Waals surface area contributed by atoms with Crippen LogP contribution in [0.25, 0.3) is 0 Å². The van der Waals surface area contributed by atoms with Crippen molar-refractivity contribution >= 4 is 34.0 Å². The van der Waals surface area contributed by atoms with Gasteiger partial charge in [0.15, 0.2) is 0 Å². The Labute approximate surface area is 84.7 Å². The molecule has 1 aromatic carbocycles. The molecule has 0 radical (unpaired) electrons. The fourth-order valence-corrected chi connectivity index (χ4v) is 2.03. The van der Waals surface area contributed by atoms with Crippen LogP contribution in [0.2, 0.25) is 0 Å². The SMILES string of the molecule is O=Cc1cccc(SCCBr)c1. The van der Waals surface area contributed by atoms with E-state index in [2.05, 4.69) is 15.9 Å². The number of halogens is 1. The minimum atomic E-state index is 0.745. The molecule has 0 heterocycles. The van der Waals surface area contributed by atoms with Gasteiger partial charge < -0.3 is 0 Å². The normalized spacial score (nSPS) is 9.75. The molecule has 0 aromatic heterocycles. The van der Waals surface area contributed by atoms with Crippen LogP contribution in [0.4, 0.5) is 0 Å². The molecule has 0 amide bonds. The Morgan fingerprint density at radius 1 is 1.50 bits per heavy atom. The molecule has 64 valence electrons. The largest absolute Gasteiger partial charge is 0.298 e. The maximum Gasteiger partial charge on any atom is 0.150 e. The smallest absolute Gasteiger partial charge is 0.150 e. The monoisotopic (exact) mass is 244 g/mol. The zero-order valence-corrected chi connectivity index (χ0v) is 8.90. The highest BCUT2D eigenvalue weighted by atomic mass is 79.9. The lowest BCUT2D eigenvalue weighted by Gasteiger charge is -1.98. The molecule has 1 aromatic rings. The van der Waals surface area contributed by atoms with E-state index in [1.165, 1.54) is 0 Å². The van der Waals surface area contributed by atoms with E-state index in [0.717, 1.165) is 27.8 Å². The van der Waals surface area contributed by atoms with Gasteiger partial charge in [0.05, 0.1) is 0 Å². The van der Waals surface area contributed by atoms with E-state index in [1.807, 2.05) is 24.3 Å². The number of alkyl halides is 1. The van der Waals surface area contributed by atoms with E-state index < -0.39 is 0 Å². The summed E-state index contributed by atoms with van der Waals surface area (Å²) in [6.45, 7) is 0. The van der Waals surface area contributed by atoms with E-state index in [-0.39, 0.29) is 0 Å². The first-order valence-corrected chi connectivity index (χ1v) is 5.71. The van der Waals surface area contributed by atoms with Crippen LogP contribution in [0.15, 0.2) is 29.2 Å². The summed E-state index contributed by atoms with van der Waals surface area (Å²) in [4.78, 5) is 11.6. The summed E-state index contributed by atoms with van der Waals surface area (Å²) in [7, 11) is 0. The van der Waals surface area contributed by atoms with Crippen molar-refractivity contribution in [2.24, 2.45) is 0 Å². The van der Waals surface area contributed by atoms with Crippen molar-refractivity contribution in [2.45, 2.75) is 4.90 Å². The molecule has 0 saturated heterocycles. The summed E-state index contributed by atoms with van der Waals surface area (Å²) in [5.74, 6) is 1.03. The molecular formula is C9H9BrOS. The van der Waals surface area contributed by atoms with Gasteiger partial charge in [0, 0.05) is 21.5 Å². The number of hydrogen-bond donors (Lipinski definition) is 0. The maximum atomic E-state index is 10.4. The number of carbonyl (C=O) groups is 1. The van der Waals surface area contributed by atoms with Crippen molar-refractivity contribution in [3.63, 3.8) is 0 Å². The van der Waals surface area contributed by atoms with Gasteiger partial charge in [-0.1, -0.05) is 28.1 Å². The lowest BCUT2D eigenvalue weighted by atomic mass is 10.2. The Bertz CT molecular complexity index is 262. The molecule has 0 aliphatic carbocycles. The molecule has 0 atom stereocenters. The second-order valence-electron chi connectivity index (χ2n) is 2.23. The van der Waals surface area contributed by atoms with Gasteiger partial charge in [-0.15, -0.1) is 11.8 Å². The Kier molecular flexibility index (Phi) is 4.40. The number of aldehydes is 1. The lowest BCUT2D eigenvalue weighted by molar-refractivity contribution is 0.112. The van der Waals surface area contributed by atoms with Crippen molar-refractivity contribution in [2.75, 3.05) is 11.1 Å². The van der Waals surface area contributed by atoms with Crippen LogP contribution in [-0.4, -0.2) is 17.4 Å². The topological polar surface area (TPSA) is 17.1 Å². The fourth-order valence-electron chi connectivity index (χ4n) is 0.834. The van der Waals surface area contributed by atoms with Gasteiger partial charge in [-0.05, 0) is 12.1 Å². The molecule has 3 heteroatoms.